The predicted molar refractivity (Wildman–Crippen MR) is 68.3 cm³/mol. The maximum atomic E-state index is 11.6. The normalized spacial score (nSPS) is 20.5. The quantitative estimate of drug-likeness (QED) is 0.780. The van der Waals surface area contributed by atoms with Crippen molar-refractivity contribution in [2.45, 2.75) is 57.7 Å². The van der Waals surface area contributed by atoms with Gasteiger partial charge in [0.2, 0.25) is 0 Å². The Kier molecular flexibility index (Phi) is 5.25. The lowest BCUT2D eigenvalue weighted by Crippen LogP contribution is -2.36. The van der Waals surface area contributed by atoms with Crippen molar-refractivity contribution in [3.63, 3.8) is 0 Å². The molecule has 0 saturated heterocycles. The fourth-order valence-corrected chi connectivity index (χ4v) is 3.16. The molecule has 1 saturated carbocycles. The van der Waals surface area contributed by atoms with Gasteiger partial charge in [-0.1, -0.05) is 12.8 Å². The maximum Gasteiger partial charge on any atom is 0.153 e. The van der Waals surface area contributed by atoms with Crippen molar-refractivity contribution in [2.24, 2.45) is 5.92 Å². The number of hydrogen-bond donors (Lipinski definition) is 1. The monoisotopic (exact) mass is 247 g/mol. The van der Waals surface area contributed by atoms with E-state index in [2.05, 4.69) is 12.2 Å². The van der Waals surface area contributed by atoms with Gasteiger partial charge in [-0.2, -0.15) is 0 Å². The summed E-state index contributed by atoms with van der Waals surface area (Å²) in [6.07, 6.45) is 5.26. The third kappa shape index (κ3) is 4.06. The maximum absolute atomic E-state index is 11.6. The molecule has 0 spiro atoms. The highest BCUT2D eigenvalue weighted by Gasteiger charge is 2.22. The minimum absolute atomic E-state index is 0.254. The fraction of sp³-hybridized carbons (Fsp3) is 1.00. The molecule has 0 aromatic heterocycles. The lowest BCUT2D eigenvalue weighted by molar-refractivity contribution is 0.389. The first kappa shape index (κ1) is 14.0. The van der Waals surface area contributed by atoms with E-state index in [1.807, 2.05) is 0 Å². The van der Waals surface area contributed by atoms with Crippen molar-refractivity contribution in [3.8, 4) is 0 Å². The first-order chi connectivity index (χ1) is 7.43. The molecule has 0 heterocycles. The van der Waals surface area contributed by atoms with Crippen LogP contribution in [0, 0.1) is 5.92 Å². The molecule has 1 fully saturated rings. The van der Waals surface area contributed by atoms with Gasteiger partial charge in [0.15, 0.2) is 9.84 Å². The zero-order valence-electron chi connectivity index (χ0n) is 10.7. The van der Waals surface area contributed by atoms with E-state index in [9.17, 15) is 8.42 Å². The van der Waals surface area contributed by atoms with Crippen molar-refractivity contribution in [1.82, 2.24) is 5.32 Å². The first-order valence-corrected chi connectivity index (χ1v) is 8.10. The first-order valence-electron chi connectivity index (χ1n) is 6.38. The molecule has 16 heavy (non-hydrogen) atoms. The van der Waals surface area contributed by atoms with Gasteiger partial charge >= 0.3 is 0 Å². The third-order valence-electron chi connectivity index (χ3n) is 3.68. The molecule has 4 heteroatoms. The van der Waals surface area contributed by atoms with Crippen LogP contribution in [-0.2, 0) is 9.84 Å². The average Bonchev–Trinajstić information content (AvgIpc) is 2.69. The topological polar surface area (TPSA) is 46.2 Å². The van der Waals surface area contributed by atoms with Crippen molar-refractivity contribution in [3.05, 3.63) is 0 Å². The van der Waals surface area contributed by atoms with E-state index in [1.54, 1.807) is 13.8 Å². The van der Waals surface area contributed by atoms with E-state index in [1.165, 1.54) is 25.7 Å². The fourth-order valence-electron chi connectivity index (χ4n) is 2.29. The van der Waals surface area contributed by atoms with Gasteiger partial charge in [0.05, 0.1) is 11.0 Å². The molecule has 1 aliphatic carbocycles. The SMILES string of the molecule is CC(C)S(=O)(=O)CCN[C@@H](C)C1CCCC1. The molecular formula is C12H25NO2S. The van der Waals surface area contributed by atoms with Crippen molar-refractivity contribution in [1.29, 1.82) is 0 Å². The Hall–Kier alpha value is -0.0900. The molecule has 3 nitrogen and oxygen atoms in total. The van der Waals surface area contributed by atoms with Gasteiger partial charge in [-0.3, -0.25) is 0 Å². The summed E-state index contributed by atoms with van der Waals surface area (Å²) >= 11 is 0. The highest BCUT2D eigenvalue weighted by Crippen LogP contribution is 2.27. The summed E-state index contributed by atoms with van der Waals surface area (Å²) in [6, 6.07) is 0.463. The van der Waals surface area contributed by atoms with Gasteiger partial charge in [0.25, 0.3) is 0 Å². The summed E-state index contributed by atoms with van der Waals surface area (Å²) in [4.78, 5) is 0. The van der Waals surface area contributed by atoms with Crippen molar-refractivity contribution in [2.75, 3.05) is 12.3 Å². The van der Waals surface area contributed by atoms with Crippen molar-refractivity contribution < 1.29 is 8.42 Å². The zero-order chi connectivity index (χ0) is 12.2. The summed E-state index contributed by atoms with van der Waals surface area (Å²) in [6.45, 7) is 6.27. The van der Waals surface area contributed by atoms with Gasteiger partial charge in [-0.05, 0) is 39.5 Å². The van der Waals surface area contributed by atoms with E-state index in [0.29, 0.717) is 12.6 Å². The molecule has 1 aliphatic rings. The van der Waals surface area contributed by atoms with Crippen LogP contribution in [0.15, 0.2) is 0 Å². The molecule has 96 valence electrons. The van der Waals surface area contributed by atoms with Crippen LogP contribution in [-0.4, -0.2) is 32.0 Å². The summed E-state index contributed by atoms with van der Waals surface area (Å²) in [5.74, 6) is 1.02. The second-order valence-corrected chi connectivity index (χ2v) is 7.88. The van der Waals surface area contributed by atoms with Crippen LogP contribution in [0.4, 0.5) is 0 Å². The van der Waals surface area contributed by atoms with Crippen LogP contribution in [0.3, 0.4) is 0 Å². The van der Waals surface area contributed by atoms with Gasteiger partial charge in [-0.15, -0.1) is 0 Å². The van der Waals surface area contributed by atoms with Crippen molar-refractivity contribution >= 4 is 9.84 Å². The van der Waals surface area contributed by atoms with Gasteiger partial charge in [0.1, 0.15) is 0 Å². The molecule has 0 radical (unpaired) electrons. The standard InChI is InChI=1S/C12H25NO2S/c1-10(2)16(14,15)9-8-13-11(3)12-6-4-5-7-12/h10-13H,4-9H2,1-3H3/t11-/m0/s1. The van der Waals surface area contributed by atoms with Gasteiger partial charge in [0, 0.05) is 12.6 Å². The molecule has 1 atom stereocenters. The Labute approximate surface area is 99.9 Å². The molecule has 0 aromatic rings. The minimum Gasteiger partial charge on any atom is -0.313 e. The molecule has 0 aromatic carbocycles. The number of rotatable bonds is 6. The van der Waals surface area contributed by atoms with Crippen LogP contribution in [0.2, 0.25) is 0 Å². The molecule has 1 N–H and O–H groups in total. The van der Waals surface area contributed by atoms with Crippen LogP contribution in [0.25, 0.3) is 0 Å². The number of sulfone groups is 1. The van der Waals surface area contributed by atoms with Crippen LogP contribution in [0.5, 0.6) is 0 Å². The van der Waals surface area contributed by atoms with Crippen LogP contribution in [0.1, 0.15) is 46.5 Å². The van der Waals surface area contributed by atoms with Gasteiger partial charge < -0.3 is 5.32 Å². The van der Waals surface area contributed by atoms with E-state index >= 15 is 0 Å². The summed E-state index contributed by atoms with van der Waals surface area (Å²) in [5, 5.41) is 3.10. The molecule has 1 rings (SSSR count). The Morgan fingerprint density at radius 3 is 2.25 bits per heavy atom. The molecule has 0 bridgehead atoms. The summed E-state index contributed by atoms with van der Waals surface area (Å²) < 4.78 is 23.2. The van der Waals surface area contributed by atoms with Crippen LogP contribution >= 0.6 is 0 Å². The number of hydrogen-bond acceptors (Lipinski definition) is 3. The van der Waals surface area contributed by atoms with Gasteiger partial charge in [-0.25, -0.2) is 8.42 Å². The van der Waals surface area contributed by atoms with E-state index in [4.69, 9.17) is 0 Å². The predicted octanol–water partition coefficient (Wildman–Crippen LogP) is 1.98. The molecule has 0 amide bonds. The highest BCUT2D eigenvalue weighted by molar-refractivity contribution is 7.92. The Balaban J connectivity index is 2.24. The molecular weight excluding hydrogens is 222 g/mol. The lowest BCUT2D eigenvalue weighted by atomic mass is 10.00. The van der Waals surface area contributed by atoms with E-state index < -0.39 is 9.84 Å². The smallest absolute Gasteiger partial charge is 0.153 e. The average molecular weight is 247 g/mol. The van der Waals surface area contributed by atoms with E-state index in [-0.39, 0.29) is 11.0 Å². The zero-order valence-corrected chi connectivity index (χ0v) is 11.5. The lowest BCUT2D eigenvalue weighted by Gasteiger charge is -2.20. The second-order valence-electron chi connectivity index (χ2n) is 5.20. The molecule has 0 unspecified atom stereocenters. The second kappa shape index (κ2) is 6.01. The van der Waals surface area contributed by atoms with Crippen LogP contribution < -0.4 is 5.32 Å². The Morgan fingerprint density at radius 2 is 1.75 bits per heavy atom. The largest absolute Gasteiger partial charge is 0.313 e. The molecule has 0 aliphatic heterocycles. The number of nitrogens with one attached hydrogen (secondary N) is 1. The summed E-state index contributed by atoms with van der Waals surface area (Å²) in [7, 11) is -2.88. The highest BCUT2D eigenvalue weighted by atomic mass is 32.2. The van der Waals surface area contributed by atoms with E-state index in [0.717, 1.165) is 5.92 Å². The summed E-state index contributed by atoms with van der Waals surface area (Å²) in [5.41, 5.74) is 0. The third-order valence-corrected chi connectivity index (χ3v) is 5.89. The Morgan fingerprint density at radius 1 is 1.19 bits per heavy atom. The Bertz CT molecular complexity index is 292. The minimum atomic E-state index is -2.88.